The molecule has 10 heavy (non-hydrogen) atoms. The summed E-state index contributed by atoms with van der Waals surface area (Å²) in [6.45, 7) is 0.633. The van der Waals surface area contributed by atoms with Crippen LogP contribution in [0.25, 0.3) is 0 Å². The fourth-order valence-electron chi connectivity index (χ4n) is 0.543. The lowest BCUT2D eigenvalue weighted by Gasteiger charge is -1.87. The lowest BCUT2D eigenvalue weighted by atomic mass is 10.7. The summed E-state index contributed by atoms with van der Waals surface area (Å²) in [6.07, 6.45) is 1.90. The van der Waals surface area contributed by atoms with E-state index >= 15 is 0 Å². The smallest absolute Gasteiger partial charge is 0.276 e. The van der Waals surface area contributed by atoms with Crippen molar-refractivity contribution in [3.05, 3.63) is 5.89 Å². The van der Waals surface area contributed by atoms with Gasteiger partial charge in [-0.25, -0.2) is 0 Å². The molecule has 1 aromatic heterocycles. The Kier molecular flexibility index (Phi) is 2.70. The molecule has 4 nitrogen and oxygen atoms in total. The second-order valence-electron chi connectivity index (χ2n) is 1.70. The van der Waals surface area contributed by atoms with Gasteiger partial charge in [-0.15, -0.1) is 10.2 Å². The average molecular weight is 159 g/mol. The van der Waals surface area contributed by atoms with Gasteiger partial charge in [-0.05, 0) is 13.3 Å². The maximum atomic E-state index is 5.15. The van der Waals surface area contributed by atoms with Gasteiger partial charge in [0.15, 0.2) is 0 Å². The second kappa shape index (κ2) is 3.58. The van der Waals surface area contributed by atoms with Crippen LogP contribution >= 0.6 is 11.8 Å². The fourth-order valence-corrected chi connectivity index (χ4v) is 0.845. The minimum absolute atomic E-state index is 0.616. The molecule has 0 fully saturated rings. The van der Waals surface area contributed by atoms with E-state index in [0.717, 1.165) is 0 Å². The number of nitrogens with zero attached hydrogens (tertiary/aromatic N) is 2. The first-order valence-electron chi connectivity index (χ1n) is 2.87. The third-order valence-electron chi connectivity index (χ3n) is 0.951. The molecule has 0 unspecified atom stereocenters. The highest BCUT2D eigenvalue weighted by Gasteiger charge is 2.01. The van der Waals surface area contributed by atoms with E-state index in [-0.39, 0.29) is 0 Å². The van der Waals surface area contributed by atoms with Crippen molar-refractivity contribution >= 4 is 11.8 Å². The van der Waals surface area contributed by atoms with Crippen molar-refractivity contribution in [2.75, 3.05) is 13.3 Å². The Hall–Kier alpha value is -0.550. The Morgan fingerprint density at radius 3 is 2.90 bits per heavy atom. The molecule has 56 valence electrons. The molecular formula is C5H9N3OS. The summed E-state index contributed by atoms with van der Waals surface area (Å²) in [6, 6.07) is 0. The molecular weight excluding hydrogens is 150 g/mol. The highest BCUT2D eigenvalue weighted by Crippen LogP contribution is 2.10. The van der Waals surface area contributed by atoms with Gasteiger partial charge >= 0.3 is 0 Å². The summed E-state index contributed by atoms with van der Waals surface area (Å²) < 4.78 is 5.15. The number of aromatic nitrogens is 2. The van der Waals surface area contributed by atoms with Crippen LogP contribution in [-0.4, -0.2) is 23.5 Å². The first-order chi connectivity index (χ1) is 4.86. The zero-order valence-electron chi connectivity index (χ0n) is 5.92. The molecule has 1 aromatic rings. The molecule has 0 saturated heterocycles. The number of hydrogen-bond acceptors (Lipinski definition) is 5. The maximum Gasteiger partial charge on any atom is 0.276 e. The van der Waals surface area contributed by atoms with Crippen LogP contribution < -0.4 is 5.32 Å². The van der Waals surface area contributed by atoms with Crippen LogP contribution in [0.1, 0.15) is 5.89 Å². The third-order valence-corrected chi connectivity index (χ3v) is 1.47. The van der Waals surface area contributed by atoms with E-state index in [9.17, 15) is 0 Å². The van der Waals surface area contributed by atoms with Crippen molar-refractivity contribution in [3.63, 3.8) is 0 Å². The standard InChI is InChI=1S/C5H9N3OS/c1-6-3-4-7-8-5(9-4)10-2/h6H,3H2,1-2H3. The van der Waals surface area contributed by atoms with Crippen molar-refractivity contribution in [2.24, 2.45) is 0 Å². The molecule has 1 rings (SSSR count). The Balaban J connectivity index is 2.59. The highest BCUT2D eigenvalue weighted by atomic mass is 32.2. The van der Waals surface area contributed by atoms with E-state index in [1.807, 2.05) is 13.3 Å². The zero-order valence-corrected chi connectivity index (χ0v) is 6.73. The van der Waals surface area contributed by atoms with Crippen LogP contribution in [0.2, 0.25) is 0 Å². The maximum absolute atomic E-state index is 5.15. The van der Waals surface area contributed by atoms with Gasteiger partial charge in [-0.2, -0.15) is 0 Å². The number of hydrogen-bond donors (Lipinski definition) is 1. The number of thioether (sulfide) groups is 1. The van der Waals surface area contributed by atoms with Crippen LogP contribution in [-0.2, 0) is 6.54 Å². The van der Waals surface area contributed by atoms with Crippen molar-refractivity contribution in [1.29, 1.82) is 0 Å². The van der Waals surface area contributed by atoms with E-state index in [1.54, 1.807) is 0 Å². The molecule has 0 spiro atoms. The molecule has 5 heteroatoms. The molecule has 0 bridgehead atoms. The Morgan fingerprint density at radius 2 is 2.40 bits per heavy atom. The zero-order chi connectivity index (χ0) is 7.40. The van der Waals surface area contributed by atoms with Crippen LogP contribution in [0.15, 0.2) is 9.64 Å². The summed E-state index contributed by atoms with van der Waals surface area (Å²) >= 11 is 1.45. The van der Waals surface area contributed by atoms with E-state index in [1.165, 1.54) is 11.8 Å². The molecule has 0 radical (unpaired) electrons. The predicted octanol–water partition coefficient (Wildman–Crippen LogP) is 0.511. The molecule has 0 amide bonds. The molecule has 0 saturated carbocycles. The largest absolute Gasteiger partial charge is 0.415 e. The Bertz CT molecular complexity index is 201. The molecule has 1 heterocycles. The predicted molar refractivity (Wildman–Crippen MR) is 38.8 cm³/mol. The van der Waals surface area contributed by atoms with E-state index in [4.69, 9.17) is 4.42 Å². The molecule has 0 atom stereocenters. The van der Waals surface area contributed by atoms with Crippen molar-refractivity contribution < 1.29 is 4.42 Å². The first kappa shape index (κ1) is 7.56. The lowest BCUT2D eigenvalue weighted by Crippen LogP contribution is -2.04. The third kappa shape index (κ3) is 1.71. The lowest BCUT2D eigenvalue weighted by molar-refractivity contribution is 0.406. The SMILES string of the molecule is CNCc1nnc(SC)o1. The fraction of sp³-hybridized carbons (Fsp3) is 0.600. The molecule has 1 N–H and O–H groups in total. The first-order valence-corrected chi connectivity index (χ1v) is 4.10. The van der Waals surface area contributed by atoms with E-state index < -0.39 is 0 Å². The molecule has 0 aliphatic heterocycles. The van der Waals surface area contributed by atoms with Crippen molar-refractivity contribution in [1.82, 2.24) is 15.5 Å². The van der Waals surface area contributed by atoms with Crippen LogP contribution in [0.3, 0.4) is 0 Å². The Labute approximate surface area is 63.4 Å². The van der Waals surface area contributed by atoms with Crippen LogP contribution in [0.4, 0.5) is 0 Å². The Morgan fingerprint density at radius 1 is 1.60 bits per heavy atom. The molecule has 0 aromatic carbocycles. The van der Waals surface area contributed by atoms with Gasteiger partial charge in [0.1, 0.15) is 0 Å². The summed E-state index contributed by atoms with van der Waals surface area (Å²) in [7, 11) is 1.84. The van der Waals surface area contributed by atoms with E-state index in [2.05, 4.69) is 15.5 Å². The normalized spacial score (nSPS) is 10.2. The van der Waals surface area contributed by atoms with Crippen LogP contribution in [0.5, 0.6) is 0 Å². The highest BCUT2D eigenvalue weighted by molar-refractivity contribution is 7.98. The summed E-state index contributed by atoms with van der Waals surface area (Å²) in [4.78, 5) is 0. The quantitative estimate of drug-likeness (QED) is 0.651. The molecule has 0 aliphatic carbocycles. The van der Waals surface area contributed by atoms with Crippen molar-refractivity contribution in [2.45, 2.75) is 11.8 Å². The topological polar surface area (TPSA) is 51.0 Å². The van der Waals surface area contributed by atoms with Gasteiger partial charge in [0.25, 0.3) is 5.22 Å². The number of nitrogens with one attached hydrogen (secondary N) is 1. The molecule has 0 aliphatic rings. The van der Waals surface area contributed by atoms with Gasteiger partial charge in [-0.1, -0.05) is 11.8 Å². The average Bonchev–Trinajstić information content (AvgIpc) is 2.37. The second-order valence-corrected chi connectivity index (χ2v) is 2.45. The van der Waals surface area contributed by atoms with Gasteiger partial charge in [0.05, 0.1) is 6.54 Å². The monoisotopic (exact) mass is 159 g/mol. The summed E-state index contributed by atoms with van der Waals surface area (Å²) in [5.41, 5.74) is 0. The summed E-state index contributed by atoms with van der Waals surface area (Å²) in [5.74, 6) is 0.631. The van der Waals surface area contributed by atoms with Gasteiger partial charge < -0.3 is 9.73 Å². The minimum atomic E-state index is 0.616. The van der Waals surface area contributed by atoms with E-state index in [0.29, 0.717) is 17.7 Å². The number of rotatable bonds is 3. The minimum Gasteiger partial charge on any atom is -0.415 e. The van der Waals surface area contributed by atoms with Gasteiger partial charge in [0, 0.05) is 0 Å². The van der Waals surface area contributed by atoms with Gasteiger partial charge in [0.2, 0.25) is 5.89 Å². The van der Waals surface area contributed by atoms with Crippen molar-refractivity contribution in [3.8, 4) is 0 Å². The summed E-state index contributed by atoms with van der Waals surface area (Å²) in [5, 5.41) is 11.1. The van der Waals surface area contributed by atoms with Crippen LogP contribution in [0, 0.1) is 0 Å². The van der Waals surface area contributed by atoms with Gasteiger partial charge in [-0.3, -0.25) is 0 Å².